The lowest BCUT2D eigenvalue weighted by Crippen LogP contribution is -2.58. The molecule has 214 valence electrons. The third-order valence-electron chi connectivity index (χ3n) is 6.26. The monoisotopic (exact) mass is 563 g/mol. The van der Waals surface area contributed by atoms with Crippen LogP contribution in [-0.2, 0) is 30.4 Å². The molecule has 0 aliphatic heterocycles. The number of rotatable bonds is 16. The van der Waals surface area contributed by atoms with Crippen molar-refractivity contribution < 1.29 is 34.2 Å². The van der Waals surface area contributed by atoms with Crippen LogP contribution >= 0.6 is 11.8 Å². The molecule has 0 saturated heterocycles. The van der Waals surface area contributed by atoms with Crippen molar-refractivity contribution in [2.24, 2.45) is 11.7 Å². The van der Waals surface area contributed by atoms with E-state index >= 15 is 0 Å². The van der Waals surface area contributed by atoms with E-state index in [9.17, 15) is 29.1 Å². The number of aromatic amines is 1. The van der Waals surface area contributed by atoms with Crippen molar-refractivity contribution in [2.75, 3.05) is 12.0 Å². The van der Waals surface area contributed by atoms with Gasteiger partial charge in [-0.3, -0.25) is 19.2 Å². The Bertz CT molecular complexity index is 1170. The first-order valence-electron chi connectivity index (χ1n) is 12.6. The van der Waals surface area contributed by atoms with Crippen LogP contribution in [0.5, 0.6) is 0 Å². The molecule has 1 heterocycles. The largest absolute Gasteiger partial charge is 0.481 e. The van der Waals surface area contributed by atoms with Crippen molar-refractivity contribution in [3.8, 4) is 0 Å². The summed E-state index contributed by atoms with van der Waals surface area (Å²) in [5.74, 6) is -4.20. The van der Waals surface area contributed by atoms with Gasteiger partial charge in [-0.05, 0) is 42.4 Å². The number of benzene rings is 1. The molecule has 12 nitrogen and oxygen atoms in total. The third-order valence-corrected chi connectivity index (χ3v) is 6.90. The number of H-pyrrole nitrogens is 1. The van der Waals surface area contributed by atoms with Gasteiger partial charge in [0.25, 0.3) is 0 Å². The van der Waals surface area contributed by atoms with E-state index in [1.165, 1.54) is 11.8 Å². The minimum atomic E-state index is -1.44. The summed E-state index contributed by atoms with van der Waals surface area (Å²) in [6.07, 6.45) is 3.09. The Morgan fingerprint density at radius 3 is 2.15 bits per heavy atom. The second-order valence-electron chi connectivity index (χ2n) is 9.57. The molecule has 0 saturated carbocycles. The summed E-state index contributed by atoms with van der Waals surface area (Å²) in [4.78, 5) is 64.9. The van der Waals surface area contributed by atoms with Gasteiger partial charge in [-0.25, -0.2) is 4.79 Å². The third kappa shape index (κ3) is 9.59. The van der Waals surface area contributed by atoms with Crippen molar-refractivity contribution in [2.45, 2.75) is 63.7 Å². The highest BCUT2D eigenvalue weighted by atomic mass is 32.2. The molecule has 4 atom stereocenters. The number of amides is 3. The standard InChI is InChI=1S/C26H37N5O7S/c1-14(2)22(27)25(36)31-20(12-15-13-28-17-7-5-4-6-16(15)17)24(35)29-18(10-11-39-3)23(34)30-19(26(37)38)8-9-21(32)33/h4-7,13-14,18-20,22,28H,8-12,27H2,1-3H3,(H,29,35)(H,30,34)(H,31,36)(H,32,33)(H,37,38). The molecule has 0 spiro atoms. The van der Waals surface area contributed by atoms with E-state index in [1.807, 2.05) is 30.5 Å². The summed E-state index contributed by atoms with van der Waals surface area (Å²) in [6, 6.07) is 3.01. The average Bonchev–Trinajstić information content (AvgIpc) is 3.30. The molecule has 3 amide bonds. The van der Waals surface area contributed by atoms with E-state index in [4.69, 9.17) is 10.8 Å². The maximum absolute atomic E-state index is 13.5. The normalized spacial score (nSPS) is 14.3. The molecule has 39 heavy (non-hydrogen) atoms. The molecule has 0 radical (unpaired) electrons. The van der Waals surface area contributed by atoms with Crippen LogP contribution in [-0.4, -0.2) is 81.0 Å². The highest BCUT2D eigenvalue weighted by Gasteiger charge is 2.31. The second kappa shape index (κ2) is 15.1. The van der Waals surface area contributed by atoms with E-state index in [0.717, 1.165) is 16.5 Å². The number of carboxylic acids is 2. The summed E-state index contributed by atoms with van der Waals surface area (Å²) in [5.41, 5.74) is 7.64. The number of hydrogen-bond donors (Lipinski definition) is 7. The molecule has 0 aliphatic rings. The first kappa shape index (κ1) is 31.6. The molecule has 13 heteroatoms. The van der Waals surface area contributed by atoms with Crippen LogP contribution in [0.3, 0.4) is 0 Å². The van der Waals surface area contributed by atoms with Crippen LogP contribution in [0, 0.1) is 5.92 Å². The van der Waals surface area contributed by atoms with E-state index in [-0.39, 0.29) is 25.2 Å². The Morgan fingerprint density at radius 1 is 0.923 bits per heavy atom. The first-order chi connectivity index (χ1) is 18.4. The lowest BCUT2D eigenvalue weighted by Gasteiger charge is -2.25. The number of carbonyl (C=O) groups is 5. The summed E-state index contributed by atoms with van der Waals surface area (Å²) in [6.45, 7) is 3.57. The van der Waals surface area contributed by atoms with Gasteiger partial charge in [0, 0.05) is 29.9 Å². The van der Waals surface area contributed by atoms with Crippen LogP contribution in [0.1, 0.15) is 38.7 Å². The number of nitrogens with two attached hydrogens (primary N) is 1. The summed E-state index contributed by atoms with van der Waals surface area (Å²) < 4.78 is 0. The number of fused-ring (bicyclic) bond motifs is 1. The van der Waals surface area contributed by atoms with Crippen LogP contribution < -0.4 is 21.7 Å². The van der Waals surface area contributed by atoms with Gasteiger partial charge in [0.1, 0.15) is 18.1 Å². The Hall–Kier alpha value is -3.58. The zero-order valence-electron chi connectivity index (χ0n) is 22.2. The summed E-state index contributed by atoms with van der Waals surface area (Å²) in [7, 11) is 0. The van der Waals surface area contributed by atoms with Crippen LogP contribution in [0.25, 0.3) is 10.9 Å². The van der Waals surface area contributed by atoms with Gasteiger partial charge in [0.15, 0.2) is 0 Å². The predicted molar refractivity (Wildman–Crippen MR) is 148 cm³/mol. The zero-order chi connectivity index (χ0) is 29.1. The Labute approximate surface area is 230 Å². The molecular weight excluding hydrogens is 526 g/mol. The Kier molecular flexibility index (Phi) is 12.3. The first-order valence-corrected chi connectivity index (χ1v) is 14.0. The van der Waals surface area contributed by atoms with Gasteiger partial charge in [-0.15, -0.1) is 0 Å². The minimum absolute atomic E-state index is 0.111. The summed E-state index contributed by atoms with van der Waals surface area (Å²) in [5, 5.41) is 26.9. The quantitative estimate of drug-likeness (QED) is 0.154. The number of carbonyl (C=O) groups excluding carboxylic acids is 3. The predicted octanol–water partition coefficient (Wildman–Crippen LogP) is 0.851. The van der Waals surface area contributed by atoms with Crippen LogP contribution in [0.2, 0.25) is 0 Å². The molecule has 0 fully saturated rings. The molecule has 1 aromatic heterocycles. The Morgan fingerprint density at radius 2 is 1.54 bits per heavy atom. The molecule has 8 N–H and O–H groups in total. The molecular formula is C26H37N5O7S. The fraction of sp³-hybridized carbons (Fsp3) is 0.500. The fourth-order valence-electron chi connectivity index (χ4n) is 3.87. The van der Waals surface area contributed by atoms with Crippen molar-refractivity contribution in [3.05, 3.63) is 36.0 Å². The molecule has 0 bridgehead atoms. The van der Waals surface area contributed by atoms with Gasteiger partial charge in [0.2, 0.25) is 17.7 Å². The SMILES string of the molecule is CSCCC(NC(=O)C(Cc1c[nH]c2ccccc12)NC(=O)C(N)C(C)C)C(=O)NC(CCC(=O)O)C(=O)O. The number of aromatic nitrogens is 1. The van der Waals surface area contributed by atoms with Crippen molar-refractivity contribution in [1.29, 1.82) is 0 Å². The van der Waals surface area contributed by atoms with Gasteiger partial charge >= 0.3 is 11.9 Å². The second-order valence-corrected chi connectivity index (χ2v) is 10.6. The number of hydrogen-bond acceptors (Lipinski definition) is 7. The maximum atomic E-state index is 13.5. The molecule has 1 aromatic carbocycles. The minimum Gasteiger partial charge on any atom is -0.481 e. The van der Waals surface area contributed by atoms with E-state index in [1.54, 1.807) is 20.0 Å². The highest BCUT2D eigenvalue weighted by molar-refractivity contribution is 7.98. The van der Waals surface area contributed by atoms with Gasteiger partial charge in [0.05, 0.1) is 6.04 Å². The molecule has 4 unspecified atom stereocenters. The number of thioether (sulfide) groups is 1. The summed E-state index contributed by atoms with van der Waals surface area (Å²) >= 11 is 1.43. The number of para-hydroxylation sites is 1. The molecule has 0 aliphatic carbocycles. The number of nitrogens with one attached hydrogen (secondary N) is 4. The van der Waals surface area contributed by atoms with E-state index in [2.05, 4.69) is 20.9 Å². The van der Waals surface area contributed by atoms with E-state index < -0.39 is 60.2 Å². The van der Waals surface area contributed by atoms with Gasteiger partial charge in [-0.2, -0.15) is 11.8 Å². The topological polar surface area (TPSA) is 204 Å². The molecule has 2 aromatic rings. The van der Waals surface area contributed by atoms with Gasteiger partial charge < -0.3 is 36.9 Å². The van der Waals surface area contributed by atoms with Gasteiger partial charge in [-0.1, -0.05) is 32.0 Å². The Balaban J connectivity index is 2.28. The lowest BCUT2D eigenvalue weighted by atomic mass is 10.0. The highest BCUT2D eigenvalue weighted by Crippen LogP contribution is 2.19. The zero-order valence-corrected chi connectivity index (χ0v) is 23.0. The van der Waals surface area contributed by atoms with Crippen molar-refractivity contribution in [1.82, 2.24) is 20.9 Å². The van der Waals surface area contributed by atoms with Crippen molar-refractivity contribution in [3.63, 3.8) is 0 Å². The number of aliphatic carboxylic acids is 2. The van der Waals surface area contributed by atoms with E-state index in [0.29, 0.717) is 5.75 Å². The molecule has 2 rings (SSSR count). The van der Waals surface area contributed by atoms with Crippen LogP contribution in [0.15, 0.2) is 30.5 Å². The van der Waals surface area contributed by atoms with Crippen molar-refractivity contribution >= 4 is 52.3 Å². The maximum Gasteiger partial charge on any atom is 0.326 e. The van der Waals surface area contributed by atoms with Crippen LogP contribution in [0.4, 0.5) is 0 Å². The number of carboxylic acid groups (broad SMARTS) is 2. The fourth-order valence-corrected chi connectivity index (χ4v) is 4.35. The average molecular weight is 564 g/mol. The smallest absolute Gasteiger partial charge is 0.326 e. The lowest BCUT2D eigenvalue weighted by molar-refractivity contribution is -0.143.